The molecule has 1 saturated heterocycles. The first-order valence-electron chi connectivity index (χ1n) is 6.54. The molecule has 1 fully saturated rings. The zero-order valence-corrected chi connectivity index (χ0v) is 10.9. The fourth-order valence-electron chi connectivity index (χ4n) is 2.61. The van der Waals surface area contributed by atoms with Crippen molar-refractivity contribution in [3.63, 3.8) is 0 Å². The molecule has 4 unspecified atom stereocenters. The number of hydrogen-bond acceptors (Lipinski definition) is 2. The minimum absolute atomic E-state index is 0.602. The van der Waals surface area contributed by atoms with Gasteiger partial charge in [0.05, 0.1) is 0 Å². The lowest BCUT2D eigenvalue weighted by atomic mass is 9.86. The summed E-state index contributed by atoms with van der Waals surface area (Å²) in [6, 6.07) is 0.602. The number of piperidine rings is 1. The van der Waals surface area contributed by atoms with E-state index in [4.69, 9.17) is 5.73 Å². The lowest BCUT2D eigenvalue weighted by Crippen LogP contribution is -2.50. The lowest BCUT2D eigenvalue weighted by Gasteiger charge is -2.42. The molecule has 0 aliphatic carbocycles. The van der Waals surface area contributed by atoms with Gasteiger partial charge in [0.1, 0.15) is 0 Å². The molecule has 90 valence electrons. The van der Waals surface area contributed by atoms with Gasteiger partial charge in [0.25, 0.3) is 0 Å². The number of hydrogen-bond donors (Lipinski definition) is 1. The van der Waals surface area contributed by atoms with Gasteiger partial charge in [-0.15, -0.1) is 0 Å². The Bertz CT molecular complexity index is 181. The highest BCUT2D eigenvalue weighted by Crippen LogP contribution is 2.26. The first-order valence-corrected chi connectivity index (χ1v) is 6.54. The van der Waals surface area contributed by atoms with Gasteiger partial charge in [0, 0.05) is 19.1 Å². The van der Waals surface area contributed by atoms with Gasteiger partial charge in [0.2, 0.25) is 0 Å². The highest BCUT2D eigenvalue weighted by Gasteiger charge is 2.29. The van der Waals surface area contributed by atoms with Crippen LogP contribution < -0.4 is 5.73 Å². The summed E-state index contributed by atoms with van der Waals surface area (Å²) in [6.45, 7) is 12.7. The molecule has 0 amide bonds. The average Bonchev–Trinajstić information content (AvgIpc) is 2.24. The molecular weight excluding hydrogens is 184 g/mol. The SMILES string of the molecule is CCC(C)C(CN)N1CCC(C)C(C)C1. The van der Waals surface area contributed by atoms with Crippen LogP contribution in [0.2, 0.25) is 0 Å². The van der Waals surface area contributed by atoms with Crippen molar-refractivity contribution in [1.29, 1.82) is 0 Å². The molecule has 0 aromatic rings. The van der Waals surface area contributed by atoms with E-state index >= 15 is 0 Å². The number of likely N-dealkylation sites (tertiary alicyclic amines) is 1. The smallest absolute Gasteiger partial charge is 0.0244 e. The van der Waals surface area contributed by atoms with Gasteiger partial charge in [-0.25, -0.2) is 0 Å². The third-order valence-electron chi connectivity index (χ3n) is 4.38. The molecule has 0 spiro atoms. The molecule has 1 heterocycles. The van der Waals surface area contributed by atoms with Crippen LogP contribution in [0.3, 0.4) is 0 Å². The van der Waals surface area contributed by atoms with Gasteiger partial charge in [-0.3, -0.25) is 4.90 Å². The summed E-state index contributed by atoms with van der Waals surface area (Å²) in [4.78, 5) is 2.62. The molecule has 0 aromatic heterocycles. The molecule has 1 aliphatic heterocycles. The molecule has 0 radical (unpaired) electrons. The Morgan fingerprint density at radius 1 is 1.33 bits per heavy atom. The summed E-state index contributed by atoms with van der Waals surface area (Å²) in [7, 11) is 0. The minimum atomic E-state index is 0.602. The van der Waals surface area contributed by atoms with Gasteiger partial charge >= 0.3 is 0 Å². The summed E-state index contributed by atoms with van der Waals surface area (Å²) in [5.41, 5.74) is 5.92. The van der Waals surface area contributed by atoms with Crippen molar-refractivity contribution in [2.45, 2.75) is 46.6 Å². The minimum Gasteiger partial charge on any atom is -0.329 e. The fraction of sp³-hybridized carbons (Fsp3) is 1.00. The van der Waals surface area contributed by atoms with E-state index in [1.54, 1.807) is 0 Å². The maximum atomic E-state index is 5.92. The Kier molecular flexibility index (Phi) is 5.07. The summed E-state index contributed by atoms with van der Waals surface area (Å²) < 4.78 is 0. The van der Waals surface area contributed by atoms with E-state index < -0.39 is 0 Å². The van der Waals surface area contributed by atoms with Crippen LogP contribution in [0, 0.1) is 17.8 Å². The van der Waals surface area contributed by atoms with Crippen LogP contribution in [0.15, 0.2) is 0 Å². The predicted molar refractivity (Wildman–Crippen MR) is 66.8 cm³/mol. The molecule has 0 bridgehead atoms. The summed E-state index contributed by atoms with van der Waals surface area (Å²) in [5.74, 6) is 2.45. The molecular formula is C13H28N2. The van der Waals surface area contributed by atoms with E-state index in [0.29, 0.717) is 6.04 Å². The molecule has 1 aliphatic rings. The third-order valence-corrected chi connectivity index (χ3v) is 4.38. The van der Waals surface area contributed by atoms with E-state index in [-0.39, 0.29) is 0 Å². The molecule has 1 rings (SSSR count). The van der Waals surface area contributed by atoms with Gasteiger partial charge in [-0.1, -0.05) is 34.1 Å². The summed E-state index contributed by atoms with van der Waals surface area (Å²) in [6.07, 6.45) is 2.58. The summed E-state index contributed by atoms with van der Waals surface area (Å²) >= 11 is 0. The van der Waals surface area contributed by atoms with Crippen LogP contribution in [0.4, 0.5) is 0 Å². The van der Waals surface area contributed by atoms with Crippen molar-refractivity contribution < 1.29 is 0 Å². The number of nitrogens with two attached hydrogens (primary N) is 1. The van der Waals surface area contributed by atoms with Gasteiger partial charge < -0.3 is 5.73 Å². The Hall–Kier alpha value is -0.0800. The second kappa shape index (κ2) is 5.86. The van der Waals surface area contributed by atoms with E-state index in [0.717, 1.165) is 24.3 Å². The number of rotatable bonds is 4. The van der Waals surface area contributed by atoms with Crippen LogP contribution in [0.1, 0.15) is 40.5 Å². The number of nitrogens with zero attached hydrogens (tertiary/aromatic N) is 1. The van der Waals surface area contributed by atoms with Crippen molar-refractivity contribution in [2.24, 2.45) is 23.5 Å². The molecule has 2 nitrogen and oxygen atoms in total. The summed E-state index contributed by atoms with van der Waals surface area (Å²) in [5, 5.41) is 0. The Labute approximate surface area is 95.2 Å². The first-order chi connectivity index (χ1) is 7.10. The largest absolute Gasteiger partial charge is 0.329 e. The van der Waals surface area contributed by atoms with E-state index in [1.165, 1.54) is 25.9 Å². The second-order valence-electron chi connectivity index (χ2n) is 5.43. The van der Waals surface area contributed by atoms with Crippen LogP contribution in [-0.4, -0.2) is 30.6 Å². The molecule has 4 atom stereocenters. The van der Waals surface area contributed by atoms with Crippen LogP contribution in [0.25, 0.3) is 0 Å². The van der Waals surface area contributed by atoms with Gasteiger partial charge in [-0.05, 0) is 30.7 Å². The van der Waals surface area contributed by atoms with Gasteiger partial charge in [-0.2, -0.15) is 0 Å². The first kappa shape index (κ1) is 13.0. The van der Waals surface area contributed by atoms with Crippen LogP contribution in [-0.2, 0) is 0 Å². The predicted octanol–water partition coefficient (Wildman–Crippen LogP) is 2.34. The van der Waals surface area contributed by atoms with Crippen molar-refractivity contribution in [3.8, 4) is 0 Å². The Morgan fingerprint density at radius 3 is 2.47 bits per heavy atom. The maximum absolute atomic E-state index is 5.92. The van der Waals surface area contributed by atoms with Crippen molar-refractivity contribution >= 4 is 0 Å². The highest BCUT2D eigenvalue weighted by atomic mass is 15.2. The maximum Gasteiger partial charge on any atom is 0.0244 e. The molecule has 0 saturated carbocycles. The quantitative estimate of drug-likeness (QED) is 0.775. The van der Waals surface area contributed by atoms with Crippen LogP contribution >= 0.6 is 0 Å². The second-order valence-corrected chi connectivity index (χ2v) is 5.43. The molecule has 2 N–H and O–H groups in total. The molecule has 2 heteroatoms. The third kappa shape index (κ3) is 3.18. The standard InChI is InChI=1S/C13H28N2/c1-5-10(2)13(8-14)15-7-6-11(3)12(4)9-15/h10-13H,5-9,14H2,1-4H3. The van der Waals surface area contributed by atoms with Crippen molar-refractivity contribution in [2.75, 3.05) is 19.6 Å². The van der Waals surface area contributed by atoms with Gasteiger partial charge in [0.15, 0.2) is 0 Å². The molecule has 15 heavy (non-hydrogen) atoms. The monoisotopic (exact) mass is 212 g/mol. The zero-order valence-electron chi connectivity index (χ0n) is 10.9. The van der Waals surface area contributed by atoms with E-state index in [1.807, 2.05) is 0 Å². The zero-order chi connectivity index (χ0) is 11.4. The molecule has 0 aromatic carbocycles. The van der Waals surface area contributed by atoms with Crippen LogP contribution in [0.5, 0.6) is 0 Å². The highest BCUT2D eigenvalue weighted by molar-refractivity contribution is 4.83. The van der Waals surface area contributed by atoms with E-state index in [9.17, 15) is 0 Å². The van der Waals surface area contributed by atoms with Crippen molar-refractivity contribution in [3.05, 3.63) is 0 Å². The van der Waals surface area contributed by atoms with E-state index in [2.05, 4.69) is 32.6 Å². The lowest BCUT2D eigenvalue weighted by molar-refractivity contribution is 0.0726. The topological polar surface area (TPSA) is 29.3 Å². The fourth-order valence-corrected chi connectivity index (χ4v) is 2.61. The van der Waals surface area contributed by atoms with Crippen molar-refractivity contribution in [1.82, 2.24) is 4.90 Å². The Morgan fingerprint density at radius 2 is 2.00 bits per heavy atom. The normalized spacial score (nSPS) is 32.6. The Balaban J connectivity index is 2.54. The average molecular weight is 212 g/mol.